The molecule has 1 rings (SSSR count). The molecule has 0 radical (unpaired) electrons. The Morgan fingerprint density at radius 1 is 1.09 bits per heavy atom. The molecule has 0 aliphatic rings. The lowest BCUT2D eigenvalue weighted by Crippen LogP contribution is -2.34. The van der Waals surface area contributed by atoms with Crippen LogP contribution in [-0.4, -0.2) is 45.9 Å². The van der Waals surface area contributed by atoms with Gasteiger partial charge in [-0.25, -0.2) is 18.0 Å². The smallest absolute Gasteiger partial charge is 0.413 e. The first kappa shape index (κ1) is 18.6. The number of esters is 1. The molecule has 0 saturated carbocycles. The van der Waals surface area contributed by atoms with E-state index in [1.165, 1.54) is 24.3 Å². The zero-order valence-corrected chi connectivity index (χ0v) is 13.5. The summed E-state index contributed by atoms with van der Waals surface area (Å²) in [6.45, 7) is 1.05. The predicted octanol–water partition coefficient (Wildman–Crippen LogP) is 0.661. The van der Waals surface area contributed by atoms with Crippen LogP contribution in [0.1, 0.15) is 22.8 Å². The summed E-state index contributed by atoms with van der Waals surface area (Å²) in [6.07, 6.45) is 0.191. The average molecular weight is 343 g/mol. The first-order valence-corrected chi connectivity index (χ1v) is 8.67. The van der Waals surface area contributed by atoms with Crippen LogP contribution < -0.4 is 5.32 Å². The summed E-state index contributed by atoms with van der Waals surface area (Å²) in [5.74, 6) is -1.72. The lowest BCUT2D eigenvalue weighted by Gasteiger charge is -2.06. The van der Waals surface area contributed by atoms with Crippen molar-refractivity contribution < 1.29 is 32.3 Å². The van der Waals surface area contributed by atoms with Crippen LogP contribution in [0.5, 0.6) is 0 Å². The van der Waals surface area contributed by atoms with Crippen molar-refractivity contribution in [2.45, 2.75) is 12.7 Å². The van der Waals surface area contributed by atoms with Crippen molar-refractivity contribution in [2.75, 3.05) is 19.5 Å². The van der Waals surface area contributed by atoms with Crippen LogP contribution in [0.15, 0.2) is 24.3 Å². The third-order valence-corrected chi connectivity index (χ3v) is 3.33. The molecule has 2 amide bonds. The van der Waals surface area contributed by atoms with Crippen LogP contribution in [0.3, 0.4) is 0 Å². The molecule has 0 fully saturated rings. The number of imide groups is 1. The molecular weight excluding hydrogens is 326 g/mol. The molecule has 0 atom stereocenters. The Labute approximate surface area is 133 Å². The van der Waals surface area contributed by atoms with Gasteiger partial charge in [0.05, 0.1) is 17.9 Å². The minimum absolute atomic E-state index is 0.110. The van der Waals surface area contributed by atoms with E-state index in [0.717, 1.165) is 6.26 Å². The average Bonchev–Trinajstić information content (AvgIpc) is 2.44. The first-order chi connectivity index (χ1) is 10.7. The van der Waals surface area contributed by atoms with Crippen LogP contribution in [-0.2, 0) is 29.9 Å². The zero-order chi connectivity index (χ0) is 17.5. The van der Waals surface area contributed by atoms with Crippen molar-refractivity contribution in [1.29, 1.82) is 0 Å². The van der Waals surface area contributed by atoms with Gasteiger partial charge >= 0.3 is 12.1 Å². The van der Waals surface area contributed by atoms with Gasteiger partial charge in [-0.2, -0.15) is 0 Å². The number of alkyl carbamates (subject to hydrolysis) is 1. The highest BCUT2D eigenvalue weighted by Crippen LogP contribution is 2.09. The maximum atomic E-state index is 11.7. The summed E-state index contributed by atoms with van der Waals surface area (Å²) in [7, 11) is -3.16. The van der Waals surface area contributed by atoms with E-state index in [1.54, 1.807) is 6.92 Å². The molecule has 0 unspecified atom stereocenters. The van der Waals surface area contributed by atoms with Crippen LogP contribution in [0.25, 0.3) is 0 Å². The van der Waals surface area contributed by atoms with Crippen molar-refractivity contribution in [3.8, 4) is 0 Å². The second kappa shape index (κ2) is 8.28. The maximum Gasteiger partial charge on any atom is 0.413 e. The normalized spacial score (nSPS) is 10.7. The van der Waals surface area contributed by atoms with Crippen molar-refractivity contribution in [3.05, 3.63) is 35.4 Å². The minimum Gasteiger partial charge on any atom is -0.452 e. The summed E-state index contributed by atoms with van der Waals surface area (Å²) in [5, 5.41) is 1.88. The predicted molar refractivity (Wildman–Crippen MR) is 80.4 cm³/mol. The molecule has 0 aromatic heterocycles. The van der Waals surface area contributed by atoms with Crippen molar-refractivity contribution >= 4 is 27.8 Å². The fourth-order valence-corrected chi connectivity index (χ4v) is 2.37. The third kappa shape index (κ3) is 7.41. The van der Waals surface area contributed by atoms with Gasteiger partial charge in [-0.1, -0.05) is 12.1 Å². The SMILES string of the molecule is CCOC(=O)NC(=O)COC(=O)c1ccc(CS(C)(=O)=O)cc1. The molecule has 0 heterocycles. The van der Waals surface area contributed by atoms with E-state index in [1.807, 2.05) is 5.32 Å². The molecule has 0 aliphatic carbocycles. The fourth-order valence-electron chi connectivity index (χ4n) is 1.57. The molecular formula is C14H17NO7S. The van der Waals surface area contributed by atoms with Crippen molar-refractivity contribution in [2.24, 2.45) is 0 Å². The zero-order valence-electron chi connectivity index (χ0n) is 12.7. The second-order valence-electron chi connectivity index (χ2n) is 4.61. The second-order valence-corrected chi connectivity index (χ2v) is 6.75. The van der Waals surface area contributed by atoms with Gasteiger partial charge in [-0.15, -0.1) is 0 Å². The molecule has 9 heteroatoms. The number of hydrogen-bond donors (Lipinski definition) is 1. The Hall–Kier alpha value is -2.42. The summed E-state index contributed by atoms with van der Waals surface area (Å²) < 4.78 is 31.5. The van der Waals surface area contributed by atoms with Gasteiger partial charge in [0.15, 0.2) is 16.4 Å². The van der Waals surface area contributed by atoms with Gasteiger partial charge in [0, 0.05) is 6.26 Å². The van der Waals surface area contributed by atoms with Crippen molar-refractivity contribution in [3.63, 3.8) is 0 Å². The highest BCUT2D eigenvalue weighted by Gasteiger charge is 2.13. The molecule has 0 aliphatic heterocycles. The van der Waals surface area contributed by atoms with E-state index in [4.69, 9.17) is 4.74 Å². The highest BCUT2D eigenvalue weighted by atomic mass is 32.2. The maximum absolute atomic E-state index is 11.7. The number of amides is 2. The standard InChI is InChI=1S/C14H17NO7S/c1-3-21-14(18)15-12(16)8-22-13(17)11-6-4-10(5-7-11)9-23(2,19)20/h4-7H,3,8-9H2,1-2H3,(H,15,16,18). The molecule has 0 bridgehead atoms. The number of carbonyl (C=O) groups is 3. The summed E-state index contributed by atoms with van der Waals surface area (Å²) in [5.41, 5.74) is 0.690. The van der Waals surface area contributed by atoms with E-state index in [9.17, 15) is 22.8 Å². The van der Waals surface area contributed by atoms with Crippen LogP contribution in [0.2, 0.25) is 0 Å². The van der Waals surface area contributed by atoms with E-state index < -0.39 is 34.4 Å². The fraction of sp³-hybridized carbons (Fsp3) is 0.357. The number of rotatable bonds is 6. The number of benzene rings is 1. The molecule has 1 aromatic carbocycles. The van der Waals surface area contributed by atoms with E-state index >= 15 is 0 Å². The molecule has 8 nitrogen and oxygen atoms in total. The quantitative estimate of drug-likeness (QED) is 0.754. The lowest BCUT2D eigenvalue weighted by molar-refractivity contribution is -0.123. The number of sulfone groups is 1. The van der Waals surface area contributed by atoms with E-state index in [0.29, 0.717) is 5.56 Å². The Balaban J connectivity index is 2.52. The Morgan fingerprint density at radius 2 is 1.70 bits per heavy atom. The van der Waals surface area contributed by atoms with Crippen molar-refractivity contribution in [1.82, 2.24) is 5.32 Å². The summed E-state index contributed by atoms with van der Waals surface area (Å²) in [4.78, 5) is 34.0. The first-order valence-electron chi connectivity index (χ1n) is 6.61. The van der Waals surface area contributed by atoms with E-state index in [2.05, 4.69) is 4.74 Å². The molecule has 126 valence electrons. The van der Waals surface area contributed by atoms with Gasteiger partial charge in [0.2, 0.25) is 0 Å². The third-order valence-electron chi connectivity index (χ3n) is 2.47. The van der Waals surface area contributed by atoms with Crippen LogP contribution >= 0.6 is 0 Å². The van der Waals surface area contributed by atoms with E-state index in [-0.39, 0.29) is 17.9 Å². The number of ether oxygens (including phenoxy) is 2. The minimum atomic E-state index is -3.16. The summed E-state index contributed by atoms with van der Waals surface area (Å²) >= 11 is 0. The Bertz CT molecular complexity index is 680. The van der Waals surface area contributed by atoms with Gasteiger partial charge in [-0.05, 0) is 24.6 Å². The Kier molecular flexibility index (Phi) is 6.70. The Morgan fingerprint density at radius 3 is 2.22 bits per heavy atom. The molecule has 0 spiro atoms. The molecule has 0 saturated heterocycles. The van der Waals surface area contributed by atoms with Gasteiger partial charge in [0.25, 0.3) is 5.91 Å². The topological polar surface area (TPSA) is 116 Å². The number of nitrogens with one attached hydrogen (secondary N) is 1. The number of hydrogen-bond acceptors (Lipinski definition) is 7. The van der Waals surface area contributed by atoms with Crippen LogP contribution in [0, 0.1) is 0 Å². The summed E-state index contributed by atoms with van der Waals surface area (Å²) in [6, 6.07) is 5.75. The monoisotopic (exact) mass is 343 g/mol. The highest BCUT2D eigenvalue weighted by molar-refractivity contribution is 7.89. The number of carbonyl (C=O) groups excluding carboxylic acids is 3. The van der Waals surface area contributed by atoms with Gasteiger partial charge < -0.3 is 9.47 Å². The molecule has 1 aromatic rings. The van der Waals surface area contributed by atoms with Crippen LogP contribution in [0.4, 0.5) is 4.79 Å². The lowest BCUT2D eigenvalue weighted by atomic mass is 10.1. The molecule has 1 N–H and O–H groups in total. The largest absolute Gasteiger partial charge is 0.452 e. The van der Waals surface area contributed by atoms with Gasteiger partial charge in [0.1, 0.15) is 0 Å². The van der Waals surface area contributed by atoms with Gasteiger partial charge in [-0.3, -0.25) is 10.1 Å². The molecule has 23 heavy (non-hydrogen) atoms.